The van der Waals surface area contributed by atoms with Gasteiger partial charge in [-0.1, -0.05) is 19.1 Å². The van der Waals surface area contributed by atoms with Crippen molar-refractivity contribution in [2.45, 2.75) is 31.2 Å². The van der Waals surface area contributed by atoms with Crippen LogP contribution < -0.4 is 5.32 Å². The Kier molecular flexibility index (Phi) is 10.0. The van der Waals surface area contributed by atoms with Crippen LogP contribution in [-0.4, -0.2) is 82.1 Å². The number of benzene rings is 2. The number of ether oxygens (including phenoxy) is 2. The Balaban J connectivity index is 1.42. The van der Waals surface area contributed by atoms with Gasteiger partial charge in [-0.2, -0.15) is 4.31 Å². The molecule has 2 aromatic carbocycles. The normalized spacial score (nSPS) is 14.0. The van der Waals surface area contributed by atoms with Gasteiger partial charge in [-0.25, -0.2) is 13.4 Å². The van der Waals surface area contributed by atoms with Gasteiger partial charge in [-0.3, -0.25) is 9.69 Å². The smallest absolute Gasteiger partial charge is 0.256 e. The first kappa shape index (κ1) is 30.7. The molecule has 9 nitrogen and oxygen atoms in total. The second-order valence-corrected chi connectivity index (χ2v) is 14.2. The van der Waals surface area contributed by atoms with Gasteiger partial charge in [0, 0.05) is 56.4 Å². The molecule has 4 aromatic rings. The lowest BCUT2D eigenvalue weighted by molar-refractivity contribution is 0.102. The summed E-state index contributed by atoms with van der Waals surface area (Å²) in [7, 11) is -0.723. The van der Waals surface area contributed by atoms with Gasteiger partial charge in [0.15, 0.2) is 0 Å². The molecule has 1 N–H and O–H groups in total. The Hall–Kier alpha value is -2.71. The zero-order chi connectivity index (χ0) is 29.7. The quantitative estimate of drug-likeness (QED) is 0.214. The molecule has 12 heteroatoms. The summed E-state index contributed by atoms with van der Waals surface area (Å²) in [6, 6.07) is 14.1. The summed E-state index contributed by atoms with van der Waals surface area (Å²) in [5, 5.41) is 4.83. The number of thiophene rings is 1. The zero-order valence-corrected chi connectivity index (χ0v) is 26.5. The number of amides is 1. The lowest BCUT2D eigenvalue weighted by Crippen LogP contribution is -2.36. The van der Waals surface area contributed by atoms with Crippen molar-refractivity contribution in [2.24, 2.45) is 0 Å². The molecule has 42 heavy (non-hydrogen) atoms. The van der Waals surface area contributed by atoms with Crippen LogP contribution in [0.2, 0.25) is 0 Å². The number of carbonyl (C=O) groups excluding carboxylic acids is 1. The summed E-state index contributed by atoms with van der Waals surface area (Å²) in [5.41, 5.74) is 3.59. The minimum atomic E-state index is -3.78. The van der Waals surface area contributed by atoms with Crippen LogP contribution in [0.25, 0.3) is 20.8 Å². The Bertz CT molecular complexity index is 1590. The molecular formula is C30H36N4O5S3. The number of hydrogen-bond donors (Lipinski definition) is 1. The summed E-state index contributed by atoms with van der Waals surface area (Å²) in [6.45, 7) is 6.01. The Morgan fingerprint density at radius 3 is 2.43 bits per heavy atom. The maximum absolute atomic E-state index is 13.5. The molecule has 0 aliphatic carbocycles. The lowest BCUT2D eigenvalue weighted by atomic mass is 10.0. The molecule has 224 valence electrons. The molecule has 0 spiro atoms. The van der Waals surface area contributed by atoms with Crippen molar-refractivity contribution in [1.29, 1.82) is 0 Å². The van der Waals surface area contributed by atoms with Crippen molar-refractivity contribution in [3.63, 3.8) is 0 Å². The van der Waals surface area contributed by atoms with Gasteiger partial charge in [0.1, 0.15) is 10.0 Å². The van der Waals surface area contributed by atoms with E-state index in [-0.39, 0.29) is 37.1 Å². The number of aromatic nitrogens is 1. The summed E-state index contributed by atoms with van der Waals surface area (Å²) in [4.78, 5) is 22.3. The molecule has 1 aliphatic rings. The van der Waals surface area contributed by atoms with Crippen molar-refractivity contribution in [2.75, 3.05) is 58.9 Å². The van der Waals surface area contributed by atoms with Gasteiger partial charge in [-0.15, -0.1) is 22.7 Å². The van der Waals surface area contributed by atoms with E-state index in [0.717, 1.165) is 58.3 Å². The van der Waals surface area contributed by atoms with Gasteiger partial charge in [0.2, 0.25) is 10.0 Å². The fourth-order valence-corrected chi connectivity index (χ4v) is 8.90. The van der Waals surface area contributed by atoms with Crippen LogP contribution >= 0.6 is 22.7 Å². The first-order valence-electron chi connectivity index (χ1n) is 14.0. The highest BCUT2D eigenvalue weighted by Crippen LogP contribution is 2.45. The molecule has 1 amide bonds. The number of nitrogens with zero attached hydrogens (tertiary/aromatic N) is 3. The Morgan fingerprint density at radius 2 is 1.76 bits per heavy atom. The van der Waals surface area contributed by atoms with Gasteiger partial charge in [0.25, 0.3) is 5.91 Å². The highest BCUT2D eigenvalue weighted by atomic mass is 32.2. The van der Waals surface area contributed by atoms with Gasteiger partial charge in [-0.05, 0) is 61.3 Å². The van der Waals surface area contributed by atoms with Crippen molar-refractivity contribution >= 4 is 53.8 Å². The second kappa shape index (κ2) is 13.7. The number of hydrogen-bond acceptors (Lipinski definition) is 9. The Morgan fingerprint density at radius 1 is 1.05 bits per heavy atom. The predicted octanol–water partition coefficient (Wildman–Crippen LogP) is 5.33. The number of fused-ring (bicyclic) bond motifs is 2. The largest absolute Gasteiger partial charge is 0.383 e. The maximum Gasteiger partial charge on any atom is 0.256 e. The van der Waals surface area contributed by atoms with Crippen molar-refractivity contribution < 1.29 is 22.7 Å². The van der Waals surface area contributed by atoms with Crippen LogP contribution in [0.5, 0.6) is 0 Å². The van der Waals surface area contributed by atoms with Crippen LogP contribution in [-0.2, 0) is 32.5 Å². The predicted molar refractivity (Wildman–Crippen MR) is 169 cm³/mol. The molecule has 0 saturated carbocycles. The van der Waals surface area contributed by atoms with E-state index in [0.29, 0.717) is 5.56 Å². The topological polar surface area (TPSA) is 101 Å². The van der Waals surface area contributed by atoms with E-state index in [1.54, 1.807) is 34.8 Å². The number of nitrogens with one attached hydrogen (secondary N) is 1. The van der Waals surface area contributed by atoms with E-state index in [9.17, 15) is 13.2 Å². The number of sulfonamides is 1. The van der Waals surface area contributed by atoms with E-state index in [4.69, 9.17) is 14.5 Å². The molecule has 0 atom stereocenters. The van der Waals surface area contributed by atoms with Crippen LogP contribution in [0.4, 0.5) is 5.00 Å². The van der Waals surface area contributed by atoms with E-state index < -0.39 is 10.0 Å². The number of anilines is 1. The third-order valence-electron chi connectivity index (χ3n) is 7.25. The highest BCUT2D eigenvalue weighted by molar-refractivity contribution is 7.89. The number of methoxy groups -OCH3 is 2. The van der Waals surface area contributed by atoms with Gasteiger partial charge in [0.05, 0.1) is 28.3 Å². The summed E-state index contributed by atoms with van der Waals surface area (Å²) < 4.78 is 39.2. The monoisotopic (exact) mass is 628 g/mol. The van der Waals surface area contributed by atoms with Crippen molar-refractivity contribution in [3.8, 4) is 10.6 Å². The first-order valence-corrected chi connectivity index (χ1v) is 17.0. The molecule has 0 fully saturated rings. The Labute approximate surface area is 255 Å². The number of carbonyl (C=O) groups is 1. The van der Waals surface area contributed by atoms with E-state index >= 15 is 0 Å². The van der Waals surface area contributed by atoms with Crippen LogP contribution in [0.3, 0.4) is 0 Å². The summed E-state index contributed by atoms with van der Waals surface area (Å²) in [6.07, 6.45) is 2.00. The average molecular weight is 629 g/mol. The van der Waals surface area contributed by atoms with Gasteiger partial charge >= 0.3 is 0 Å². The van der Waals surface area contributed by atoms with Crippen LogP contribution in [0.1, 0.15) is 34.1 Å². The summed E-state index contributed by atoms with van der Waals surface area (Å²) >= 11 is 3.25. The van der Waals surface area contributed by atoms with Crippen LogP contribution in [0.15, 0.2) is 53.4 Å². The third kappa shape index (κ3) is 6.60. The van der Waals surface area contributed by atoms with Crippen LogP contribution in [0, 0.1) is 0 Å². The fourth-order valence-electron chi connectivity index (χ4n) is 5.10. The molecule has 3 heterocycles. The second-order valence-electron chi connectivity index (χ2n) is 10.1. The van der Waals surface area contributed by atoms with E-state index in [1.165, 1.54) is 41.1 Å². The molecular weight excluding hydrogens is 593 g/mol. The number of thiazole rings is 1. The molecule has 1 aliphatic heterocycles. The molecule has 5 rings (SSSR count). The van der Waals surface area contributed by atoms with Crippen molar-refractivity contribution in [3.05, 3.63) is 64.5 Å². The van der Waals surface area contributed by atoms with E-state index in [1.807, 2.05) is 18.2 Å². The number of rotatable bonds is 13. The van der Waals surface area contributed by atoms with E-state index in [2.05, 4.69) is 23.2 Å². The minimum Gasteiger partial charge on any atom is -0.383 e. The average Bonchev–Trinajstić information content (AvgIpc) is 3.57. The standard InChI is InChI=1S/C30H36N4O5S3/c1-4-14-33-15-13-23-26(20-33)41-30(27(23)29-31-24-7-5-6-8-25(24)40-29)32-28(35)21-9-11-22(12-10-21)42(36,37)34(16-18-38-2)17-19-39-3/h5-12H,4,13-20H2,1-3H3,(H,32,35). The summed E-state index contributed by atoms with van der Waals surface area (Å²) in [5.74, 6) is -0.291. The molecule has 0 radical (unpaired) electrons. The number of para-hydroxylation sites is 1. The lowest BCUT2D eigenvalue weighted by Gasteiger charge is -2.26. The molecule has 0 saturated heterocycles. The molecule has 2 aromatic heterocycles. The first-order chi connectivity index (χ1) is 20.3. The molecule has 0 unspecified atom stereocenters. The maximum atomic E-state index is 13.5. The minimum absolute atomic E-state index is 0.115. The molecule has 0 bridgehead atoms. The fraction of sp³-hybridized carbons (Fsp3) is 0.400. The van der Waals surface area contributed by atoms with Crippen molar-refractivity contribution in [1.82, 2.24) is 14.2 Å². The SMILES string of the molecule is CCCN1CCc2c(sc(NC(=O)c3ccc(S(=O)(=O)N(CCOC)CCOC)cc3)c2-c2nc3ccccc3s2)C1. The zero-order valence-electron chi connectivity index (χ0n) is 24.1. The third-order valence-corrected chi connectivity index (χ3v) is 11.4. The highest BCUT2D eigenvalue weighted by Gasteiger charge is 2.28. The van der Waals surface area contributed by atoms with Gasteiger partial charge < -0.3 is 14.8 Å².